The largest absolute Gasteiger partial charge is 0.355 e. The lowest BCUT2D eigenvalue weighted by atomic mass is 9.93. The summed E-state index contributed by atoms with van der Waals surface area (Å²) in [6.45, 7) is 4.52. The summed E-state index contributed by atoms with van der Waals surface area (Å²) < 4.78 is 0. The molecular weight excluding hydrogens is 352 g/mol. The average Bonchev–Trinajstić information content (AvgIpc) is 2.79. The van der Waals surface area contributed by atoms with Crippen LogP contribution in [0.15, 0.2) is 43.1 Å². The average molecular weight is 380 g/mol. The number of carbonyl (C=O) groups is 1. The Kier molecular flexibility index (Phi) is 6.11. The SMILES string of the molecule is O=C(NCc1cccnc1)[C@H]1CCCN(C2CCN(c3cnccn3)CC2)C1. The van der Waals surface area contributed by atoms with Crippen LogP contribution < -0.4 is 10.2 Å². The quantitative estimate of drug-likeness (QED) is 0.854. The van der Waals surface area contributed by atoms with Crippen molar-refractivity contribution in [3.63, 3.8) is 0 Å². The van der Waals surface area contributed by atoms with Gasteiger partial charge in [-0.25, -0.2) is 4.98 Å². The van der Waals surface area contributed by atoms with Crippen LogP contribution in [0.4, 0.5) is 5.82 Å². The fourth-order valence-corrected chi connectivity index (χ4v) is 4.30. The summed E-state index contributed by atoms with van der Waals surface area (Å²) in [5.74, 6) is 1.22. The molecule has 7 nitrogen and oxygen atoms in total. The molecule has 0 spiro atoms. The Balaban J connectivity index is 1.26. The molecule has 0 saturated carbocycles. The standard InChI is InChI=1S/C21H28N6O/c28-21(25-14-17-3-1-7-22-13-17)18-4-2-10-27(16-18)19-5-11-26(12-6-19)20-15-23-8-9-24-20/h1,3,7-9,13,15,18-19H,2,4-6,10-12,14,16H2,(H,25,28)/t18-/m0/s1. The lowest BCUT2D eigenvalue weighted by molar-refractivity contribution is -0.127. The molecule has 148 valence electrons. The van der Waals surface area contributed by atoms with E-state index in [-0.39, 0.29) is 11.8 Å². The van der Waals surface area contributed by atoms with Crippen molar-refractivity contribution in [3.05, 3.63) is 48.7 Å². The molecule has 28 heavy (non-hydrogen) atoms. The van der Waals surface area contributed by atoms with E-state index in [1.165, 1.54) is 0 Å². The van der Waals surface area contributed by atoms with Gasteiger partial charge >= 0.3 is 0 Å². The van der Waals surface area contributed by atoms with Crippen molar-refractivity contribution in [1.29, 1.82) is 0 Å². The molecule has 1 amide bonds. The normalized spacial score (nSPS) is 21.4. The van der Waals surface area contributed by atoms with E-state index in [0.29, 0.717) is 12.6 Å². The number of piperidine rings is 2. The maximum absolute atomic E-state index is 12.7. The Morgan fingerprint density at radius 3 is 2.68 bits per heavy atom. The first-order chi connectivity index (χ1) is 13.8. The first-order valence-corrected chi connectivity index (χ1v) is 10.2. The molecule has 2 aromatic rings. The summed E-state index contributed by atoms with van der Waals surface area (Å²) in [5.41, 5.74) is 1.04. The van der Waals surface area contributed by atoms with Gasteiger partial charge in [-0.3, -0.25) is 19.7 Å². The molecule has 0 unspecified atom stereocenters. The topological polar surface area (TPSA) is 74.2 Å². The van der Waals surface area contributed by atoms with Crippen LogP contribution in [0.25, 0.3) is 0 Å². The summed E-state index contributed by atoms with van der Waals surface area (Å²) in [4.78, 5) is 30.2. The number of likely N-dealkylation sites (tertiary alicyclic amines) is 1. The van der Waals surface area contributed by atoms with Crippen molar-refractivity contribution in [3.8, 4) is 0 Å². The molecule has 4 rings (SSSR count). The highest BCUT2D eigenvalue weighted by atomic mass is 16.1. The summed E-state index contributed by atoms with van der Waals surface area (Å²) >= 11 is 0. The van der Waals surface area contributed by atoms with Gasteiger partial charge in [0.25, 0.3) is 0 Å². The van der Waals surface area contributed by atoms with Crippen LogP contribution in [0.1, 0.15) is 31.2 Å². The molecule has 1 N–H and O–H groups in total. The zero-order chi connectivity index (χ0) is 19.2. The van der Waals surface area contributed by atoms with Crippen LogP contribution in [0, 0.1) is 5.92 Å². The van der Waals surface area contributed by atoms with E-state index >= 15 is 0 Å². The number of anilines is 1. The van der Waals surface area contributed by atoms with E-state index in [1.807, 2.05) is 18.3 Å². The highest BCUT2D eigenvalue weighted by Gasteiger charge is 2.31. The molecule has 0 aliphatic carbocycles. The van der Waals surface area contributed by atoms with E-state index in [2.05, 4.69) is 30.1 Å². The van der Waals surface area contributed by atoms with E-state index in [0.717, 1.165) is 63.2 Å². The van der Waals surface area contributed by atoms with Crippen LogP contribution in [-0.4, -0.2) is 58.0 Å². The Morgan fingerprint density at radius 1 is 1.07 bits per heavy atom. The van der Waals surface area contributed by atoms with E-state index in [1.54, 1.807) is 24.8 Å². The minimum absolute atomic E-state index is 0.0865. The summed E-state index contributed by atoms with van der Waals surface area (Å²) in [6, 6.07) is 4.45. The van der Waals surface area contributed by atoms with E-state index in [9.17, 15) is 4.79 Å². The predicted molar refractivity (Wildman–Crippen MR) is 108 cm³/mol. The molecule has 2 aliphatic rings. The number of rotatable bonds is 5. The van der Waals surface area contributed by atoms with E-state index in [4.69, 9.17) is 0 Å². The second-order valence-corrected chi connectivity index (χ2v) is 7.69. The molecule has 7 heteroatoms. The number of aromatic nitrogens is 3. The van der Waals surface area contributed by atoms with Crippen molar-refractivity contribution in [1.82, 2.24) is 25.2 Å². The monoisotopic (exact) mass is 380 g/mol. The maximum atomic E-state index is 12.7. The highest BCUT2D eigenvalue weighted by molar-refractivity contribution is 5.78. The molecule has 2 fully saturated rings. The van der Waals surface area contributed by atoms with Gasteiger partial charge in [0.05, 0.1) is 12.1 Å². The zero-order valence-electron chi connectivity index (χ0n) is 16.2. The van der Waals surface area contributed by atoms with E-state index < -0.39 is 0 Å². The number of carbonyl (C=O) groups excluding carboxylic acids is 1. The van der Waals surface area contributed by atoms with Crippen molar-refractivity contribution in [2.75, 3.05) is 31.1 Å². The predicted octanol–water partition coefficient (Wildman–Crippen LogP) is 1.87. The first kappa shape index (κ1) is 18.8. The fourth-order valence-electron chi connectivity index (χ4n) is 4.30. The third kappa shape index (κ3) is 4.65. The van der Waals surface area contributed by atoms with Crippen LogP contribution in [-0.2, 0) is 11.3 Å². The molecule has 2 aliphatic heterocycles. The molecular formula is C21H28N6O. The molecule has 2 aromatic heterocycles. The van der Waals surface area contributed by atoms with Gasteiger partial charge in [0.1, 0.15) is 5.82 Å². The van der Waals surface area contributed by atoms with Gasteiger partial charge in [-0.1, -0.05) is 6.07 Å². The van der Waals surface area contributed by atoms with Gasteiger partial charge in [0.2, 0.25) is 5.91 Å². The van der Waals surface area contributed by atoms with Crippen molar-refractivity contribution in [2.24, 2.45) is 5.92 Å². The minimum Gasteiger partial charge on any atom is -0.355 e. The number of amides is 1. The number of hydrogen-bond donors (Lipinski definition) is 1. The first-order valence-electron chi connectivity index (χ1n) is 10.2. The van der Waals surface area contributed by atoms with Crippen molar-refractivity contribution >= 4 is 11.7 Å². The summed E-state index contributed by atoms with van der Waals surface area (Å²) in [6.07, 6.45) is 13.1. The summed E-state index contributed by atoms with van der Waals surface area (Å²) in [7, 11) is 0. The zero-order valence-corrected chi connectivity index (χ0v) is 16.2. The second kappa shape index (κ2) is 9.10. The molecule has 1 atom stereocenters. The van der Waals surface area contributed by atoms with Crippen molar-refractivity contribution in [2.45, 2.75) is 38.3 Å². The van der Waals surface area contributed by atoms with Gasteiger partial charge in [0.15, 0.2) is 0 Å². The van der Waals surface area contributed by atoms with Crippen LogP contribution >= 0.6 is 0 Å². The molecule has 0 bridgehead atoms. The molecule has 2 saturated heterocycles. The van der Waals surface area contributed by atoms with Crippen LogP contribution in [0.2, 0.25) is 0 Å². The van der Waals surface area contributed by atoms with Crippen LogP contribution in [0.3, 0.4) is 0 Å². The number of nitrogens with zero attached hydrogens (tertiary/aromatic N) is 5. The van der Waals surface area contributed by atoms with Gasteiger partial charge in [0, 0.05) is 57.0 Å². The Hall–Kier alpha value is -2.54. The molecule has 4 heterocycles. The van der Waals surface area contributed by atoms with Gasteiger partial charge in [-0.15, -0.1) is 0 Å². The third-order valence-electron chi connectivity index (χ3n) is 5.87. The Morgan fingerprint density at radius 2 is 1.93 bits per heavy atom. The number of pyridine rings is 1. The Labute approximate surface area is 166 Å². The molecule has 0 aromatic carbocycles. The van der Waals surface area contributed by atoms with Gasteiger partial charge < -0.3 is 10.2 Å². The fraction of sp³-hybridized carbons (Fsp3) is 0.524. The van der Waals surface area contributed by atoms with Crippen molar-refractivity contribution < 1.29 is 4.79 Å². The lowest BCUT2D eigenvalue weighted by Crippen LogP contribution is -2.50. The third-order valence-corrected chi connectivity index (χ3v) is 5.87. The lowest BCUT2D eigenvalue weighted by Gasteiger charge is -2.42. The summed E-state index contributed by atoms with van der Waals surface area (Å²) in [5, 5.41) is 3.09. The Bertz CT molecular complexity index is 748. The molecule has 0 radical (unpaired) electrons. The van der Waals surface area contributed by atoms with Gasteiger partial charge in [-0.05, 0) is 43.9 Å². The van der Waals surface area contributed by atoms with Gasteiger partial charge in [-0.2, -0.15) is 0 Å². The maximum Gasteiger partial charge on any atom is 0.224 e. The minimum atomic E-state index is 0.0865. The smallest absolute Gasteiger partial charge is 0.224 e. The number of hydrogen-bond acceptors (Lipinski definition) is 6. The second-order valence-electron chi connectivity index (χ2n) is 7.69. The highest BCUT2D eigenvalue weighted by Crippen LogP contribution is 2.25. The number of nitrogens with one attached hydrogen (secondary N) is 1. The van der Waals surface area contributed by atoms with Crippen LogP contribution in [0.5, 0.6) is 0 Å².